The highest BCUT2D eigenvalue weighted by molar-refractivity contribution is 5.74. The second kappa shape index (κ2) is 3.24. The fraction of sp³-hybridized carbons (Fsp3) is 0.889. The Hall–Kier alpha value is -0.530. The lowest BCUT2D eigenvalue weighted by Crippen LogP contribution is -2.46. The van der Waals surface area contributed by atoms with Gasteiger partial charge in [0.25, 0.3) is 0 Å². The van der Waals surface area contributed by atoms with Crippen molar-refractivity contribution < 1.29 is 4.79 Å². The van der Waals surface area contributed by atoms with Crippen LogP contribution in [0.5, 0.6) is 0 Å². The molecule has 1 amide bonds. The van der Waals surface area contributed by atoms with Crippen LogP contribution in [0.1, 0.15) is 40.0 Å². The zero-order chi connectivity index (χ0) is 8.43. The van der Waals surface area contributed by atoms with Gasteiger partial charge in [-0.15, -0.1) is 0 Å². The van der Waals surface area contributed by atoms with E-state index in [0.717, 1.165) is 0 Å². The molecule has 0 saturated carbocycles. The molecule has 1 aliphatic rings. The smallest absolute Gasteiger partial charge is 0.219 e. The Balaban J connectivity index is 2.62. The molecule has 0 aromatic rings. The molecule has 0 aliphatic carbocycles. The summed E-state index contributed by atoms with van der Waals surface area (Å²) >= 11 is 0. The van der Waals surface area contributed by atoms with Crippen molar-refractivity contribution in [1.82, 2.24) is 4.90 Å². The number of piperidine rings is 1. The van der Waals surface area contributed by atoms with Crippen molar-refractivity contribution in [3.63, 3.8) is 0 Å². The number of hydrogen-bond donors (Lipinski definition) is 0. The molecule has 2 atom stereocenters. The normalized spacial score (nSPS) is 32.1. The highest BCUT2D eigenvalue weighted by atomic mass is 16.2. The number of carbonyl (C=O) groups excluding carboxylic acids is 1. The summed E-state index contributed by atoms with van der Waals surface area (Å²) in [5, 5.41) is 0. The van der Waals surface area contributed by atoms with Crippen LogP contribution in [0.3, 0.4) is 0 Å². The summed E-state index contributed by atoms with van der Waals surface area (Å²) in [6.07, 6.45) is 3.61. The van der Waals surface area contributed by atoms with Crippen LogP contribution in [0.25, 0.3) is 0 Å². The number of hydrogen-bond acceptors (Lipinski definition) is 1. The molecule has 0 bridgehead atoms. The average molecular weight is 155 g/mol. The second-order valence-corrected chi connectivity index (χ2v) is 3.56. The first-order valence-corrected chi connectivity index (χ1v) is 4.42. The molecule has 64 valence electrons. The van der Waals surface area contributed by atoms with E-state index in [2.05, 4.69) is 13.8 Å². The zero-order valence-corrected chi connectivity index (χ0v) is 7.63. The van der Waals surface area contributed by atoms with Crippen molar-refractivity contribution in [1.29, 1.82) is 0 Å². The van der Waals surface area contributed by atoms with Crippen LogP contribution < -0.4 is 0 Å². The zero-order valence-electron chi connectivity index (χ0n) is 7.63. The number of amides is 1. The Morgan fingerprint density at radius 3 is 2.00 bits per heavy atom. The molecule has 2 nitrogen and oxygen atoms in total. The van der Waals surface area contributed by atoms with Gasteiger partial charge in [0.15, 0.2) is 0 Å². The molecule has 1 heterocycles. The highest BCUT2D eigenvalue weighted by Crippen LogP contribution is 2.21. The molecule has 2 heteroatoms. The Labute approximate surface area is 68.6 Å². The molecule has 1 saturated heterocycles. The van der Waals surface area contributed by atoms with E-state index in [-0.39, 0.29) is 5.91 Å². The molecule has 0 aromatic heterocycles. The molecule has 0 radical (unpaired) electrons. The number of nitrogens with zero attached hydrogens (tertiary/aromatic N) is 1. The van der Waals surface area contributed by atoms with Crippen LogP contribution in [0.2, 0.25) is 0 Å². The maximum absolute atomic E-state index is 11.1. The Kier molecular flexibility index (Phi) is 2.53. The van der Waals surface area contributed by atoms with E-state index in [4.69, 9.17) is 0 Å². The standard InChI is InChI=1S/C9H17NO/c1-7-5-4-6-8(2)10(7)9(3)11/h7-8H,4-6H2,1-3H3/t7-,8-/m0/s1. The third-order valence-electron chi connectivity index (χ3n) is 2.56. The maximum atomic E-state index is 11.1. The van der Waals surface area contributed by atoms with Gasteiger partial charge in [0, 0.05) is 19.0 Å². The van der Waals surface area contributed by atoms with E-state index in [1.54, 1.807) is 6.92 Å². The Bertz CT molecular complexity index is 146. The summed E-state index contributed by atoms with van der Waals surface area (Å²) in [5.41, 5.74) is 0. The minimum atomic E-state index is 0.227. The van der Waals surface area contributed by atoms with E-state index in [1.165, 1.54) is 19.3 Å². The SMILES string of the molecule is CC(=O)N1[C@@H](C)CCC[C@@H]1C. The van der Waals surface area contributed by atoms with E-state index >= 15 is 0 Å². The molecular weight excluding hydrogens is 138 g/mol. The van der Waals surface area contributed by atoms with E-state index in [9.17, 15) is 4.79 Å². The average Bonchev–Trinajstić information content (AvgIpc) is 1.85. The number of rotatable bonds is 0. The molecule has 0 unspecified atom stereocenters. The van der Waals surface area contributed by atoms with Gasteiger partial charge in [0.05, 0.1) is 0 Å². The summed E-state index contributed by atoms with van der Waals surface area (Å²) in [5.74, 6) is 0.227. The third-order valence-corrected chi connectivity index (χ3v) is 2.56. The molecular formula is C9H17NO. The van der Waals surface area contributed by atoms with Gasteiger partial charge in [-0.2, -0.15) is 0 Å². The van der Waals surface area contributed by atoms with E-state index < -0.39 is 0 Å². The Morgan fingerprint density at radius 1 is 1.27 bits per heavy atom. The third kappa shape index (κ3) is 1.73. The number of carbonyl (C=O) groups is 1. The summed E-state index contributed by atoms with van der Waals surface area (Å²) in [7, 11) is 0. The Morgan fingerprint density at radius 2 is 1.73 bits per heavy atom. The van der Waals surface area contributed by atoms with Crippen LogP contribution in [-0.4, -0.2) is 22.9 Å². The minimum absolute atomic E-state index is 0.227. The van der Waals surface area contributed by atoms with Crippen molar-refractivity contribution in [2.45, 2.75) is 52.1 Å². The highest BCUT2D eigenvalue weighted by Gasteiger charge is 2.25. The van der Waals surface area contributed by atoms with Gasteiger partial charge in [-0.1, -0.05) is 0 Å². The quantitative estimate of drug-likeness (QED) is 0.522. The lowest BCUT2D eigenvalue weighted by Gasteiger charge is -2.38. The minimum Gasteiger partial charge on any atom is -0.338 e. The lowest BCUT2D eigenvalue weighted by molar-refractivity contribution is -0.134. The molecule has 1 rings (SSSR count). The van der Waals surface area contributed by atoms with E-state index in [1.807, 2.05) is 4.90 Å². The van der Waals surface area contributed by atoms with Crippen molar-refractivity contribution in [2.75, 3.05) is 0 Å². The second-order valence-electron chi connectivity index (χ2n) is 3.56. The van der Waals surface area contributed by atoms with Crippen LogP contribution in [-0.2, 0) is 4.79 Å². The van der Waals surface area contributed by atoms with Gasteiger partial charge in [0.1, 0.15) is 0 Å². The van der Waals surface area contributed by atoms with Gasteiger partial charge in [-0.3, -0.25) is 4.79 Å². The fourth-order valence-corrected chi connectivity index (χ4v) is 2.04. The molecule has 0 N–H and O–H groups in total. The van der Waals surface area contributed by atoms with E-state index in [0.29, 0.717) is 12.1 Å². The van der Waals surface area contributed by atoms with Gasteiger partial charge < -0.3 is 4.90 Å². The summed E-state index contributed by atoms with van der Waals surface area (Å²) in [4.78, 5) is 13.1. The van der Waals surface area contributed by atoms with Crippen molar-refractivity contribution in [3.8, 4) is 0 Å². The fourth-order valence-electron chi connectivity index (χ4n) is 2.04. The van der Waals surface area contributed by atoms with Crippen LogP contribution in [0.4, 0.5) is 0 Å². The molecule has 1 aliphatic heterocycles. The van der Waals surface area contributed by atoms with Crippen molar-refractivity contribution >= 4 is 5.91 Å². The molecule has 1 fully saturated rings. The topological polar surface area (TPSA) is 20.3 Å². The van der Waals surface area contributed by atoms with Gasteiger partial charge in [-0.05, 0) is 33.1 Å². The first-order valence-electron chi connectivity index (χ1n) is 4.42. The molecule has 11 heavy (non-hydrogen) atoms. The van der Waals surface area contributed by atoms with Crippen LogP contribution >= 0.6 is 0 Å². The largest absolute Gasteiger partial charge is 0.338 e. The lowest BCUT2D eigenvalue weighted by atomic mass is 9.98. The monoisotopic (exact) mass is 155 g/mol. The first-order chi connectivity index (χ1) is 5.13. The summed E-state index contributed by atoms with van der Waals surface area (Å²) < 4.78 is 0. The van der Waals surface area contributed by atoms with Gasteiger partial charge >= 0.3 is 0 Å². The van der Waals surface area contributed by atoms with Crippen molar-refractivity contribution in [2.24, 2.45) is 0 Å². The molecule has 0 spiro atoms. The summed E-state index contributed by atoms with van der Waals surface area (Å²) in [6, 6.07) is 0.910. The van der Waals surface area contributed by atoms with Gasteiger partial charge in [0.2, 0.25) is 5.91 Å². The molecule has 0 aromatic carbocycles. The first kappa shape index (κ1) is 8.57. The summed E-state index contributed by atoms with van der Waals surface area (Å²) in [6.45, 7) is 5.94. The van der Waals surface area contributed by atoms with Gasteiger partial charge in [-0.25, -0.2) is 0 Å². The predicted octanol–water partition coefficient (Wildman–Crippen LogP) is 1.80. The van der Waals surface area contributed by atoms with Crippen LogP contribution in [0, 0.1) is 0 Å². The predicted molar refractivity (Wildman–Crippen MR) is 45.3 cm³/mol. The maximum Gasteiger partial charge on any atom is 0.219 e. The van der Waals surface area contributed by atoms with Crippen molar-refractivity contribution in [3.05, 3.63) is 0 Å². The van der Waals surface area contributed by atoms with Crippen LogP contribution in [0.15, 0.2) is 0 Å². The number of likely N-dealkylation sites (tertiary alicyclic amines) is 1.